The number of halogens is 1. The number of nitrogens with zero attached hydrogens (tertiary/aromatic N) is 2. The molecule has 0 bridgehead atoms. The van der Waals surface area contributed by atoms with Crippen LogP contribution in [0.4, 0.5) is 0 Å². The molecule has 0 aliphatic carbocycles. The normalized spacial score (nSPS) is 12.6. The van der Waals surface area contributed by atoms with Gasteiger partial charge in [0.2, 0.25) is 0 Å². The van der Waals surface area contributed by atoms with Crippen LogP contribution in [0.25, 0.3) is 0 Å². The lowest BCUT2D eigenvalue weighted by molar-refractivity contribution is 0.263. The third kappa shape index (κ3) is 2.26. The highest BCUT2D eigenvalue weighted by Crippen LogP contribution is 2.26. The fraction of sp³-hybridized carbons (Fsp3) is 0.273. The molecule has 0 aliphatic rings. The van der Waals surface area contributed by atoms with E-state index in [0.717, 1.165) is 5.56 Å². The van der Waals surface area contributed by atoms with Gasteiger partial charge >= 0.3 is 0 Å². The molecule has 1 atom stereocenters. The zero-order chi connectivity index (χ0) is 12.4. The number of rotatable bonds is 3. The molecular formula is C11H12ClN3OS. The van der Waals surface area contributed by atoms with Crippen LogP contribution in [0.15, 0.2) is 24.3 Å². The number of aliphatic hydroxyl groups is 1. The van der Waals surface area contributed by atoms with E-state index in [1.165, 1.54) is 0 Å². The molecule has 2 N–H and O–H groups in total. The number of hydrogen-bond acceptors (Lipinski definition) is 3. The highest BCUT2D eigenvalue weighted by Gasteiger charge is 2.15. The molecule has 17 heavy (non-hydrogen) atoms. The number of aromatic amines is 1. The Bertz CT molecular complexity index is 578. The Balaban J connectivity index is 2.51. The Kier molecular flexibility index (Phi) is 3.61. The fourth-order valence-electron chi connectivity index (χ4n) is 1.80. The van der Waals surface area contributed by atoms with E-state index in [1.807, 2.05) is 31.2 Å². The first-order chi connectivity index (χ1) is 8.15. The number of hydrogen-bond donors (Lipinski definition) is 2. The summed E-state index contributed by atoms with van der Waals surface area (Å²) >= 11 is 11.3. The molecule has 2 aromatic rings. The van der Waals surface area contributed by atoms with Gasteiger partial charge in [-0.25, -0.2) is 0 Å². The van der Waals surface area contributed by atoms with E-state index in [4.69, 9.17) is 23.8 Å². The first-order valence-corrected chi connectivity index (χ1v) is 5.95. The van der Waals surface area contributed by atoms with Crippen molar-refractivity contribution in [3.8, 4) is 0 Å². The molecule has 0 saturated carbocycles. The quantitative estimate of drug-likeness (QED) is 0.843. The van der Waals surface area contributed by atoms with E-state index in [-0.39, 0.29) is 12.6 Å². The van der Waals surface area contributed by atoms with Crippen molar-refractivity contribution in [2.75, 3.05) is 0 Å². The molecule has 0 radical (unpaired) electrons. The van der Waals surface area contributed by atoms with Crippen molar-refractivity contribution >= 4 is 23.8 Å². The summed E-state index contributed by atoms with van der Waals surface area (Å²) in [6.07, 6.45) is 0. The summed E-state index contributed by atoms with van der Waals surface area (Å²) in [6, 6.07) is 7.48. The largest absolute Gasteiger partial charge is 0.388 e. The van der Waals surface area contributed by atoms with Crippen LogP contribution in [0, 0.1) is 4.77 Å². The number of benzene rings is 1. The Hall–Kier alpha value is -1.17. The van der Waals surface area contributed by atoms with Gasteiger partial charge in [0.25, 0.3) is 0 Å². The van der Waals surface area contributed by atoms with E-state index < -0.39 is 0 Å². The van der Waals surface area contributed by atoms with Crippen LogP contribution in [-0.4, -0.2) is 19.9 Å². The molecule has 0 fully saturated rings. The highest BCUT2D eigenvalue weighted by molar-refractivity contribution is 7.71. The maximum absolute atomic E-state index is 9.21. The predicted octanol–water partition coefficient (Wildman–Crippen LogP) is 2.70. The van der Waals surface area contributed by atoms with Crippen molar-refractivity contribution in [1.82, 2.24) is 14.8 Å². The minimum Gasteiger partial charge on any atom is -0.388 e. The van der Waals surface area contributed by atoms with Crippen LogP contribution in [0.2, 0.25) is 5.02 Å². The fourth-order valence-corrected chi connectivity index (χ4v) is 2.40. The van der Waals surface area contributed by atoms with Crippen molar-refractivity contribution in [1.29, 1.82) is 0 Å². The third-order valence-corrected chi connectivity index (χ3v) is 3.29. The summed E-state index contributed by atoms with van der Waals surface area (Å²) in [4.78, 5) is 0. The molecule has 1 aromatic carbocycles. The Morgan fingerprint density at radius 3 is 2.88 bits per heavy atom. The van der Waals surface area contributed by atoms with Crippen molar-refractivity contribution in [3.05, 3.63) is 45.4 Å². The number of aromatic nitrogens is 3. The Morgan fingerprint density at radius 1 is 1.53 bits per heavy atom. The molecule has 4 nitrogen and oxygen atoms in total. The number of aliphatic hydroxyl groups excluding tert-OH is 1. The minimum atomic E-state index is -0.165. The molecule has 0 spiro atoms. The topological polar surface area (TPSA) is 53.8 Å². The van der Waals surface area contributed by atoms with Gasteiger partial charge in [0.15, 0.2) is 10.6 Å². The number of nitrogens with one attached hydrogen (secondary N) is 1. The molecule has 1 unspecified atom stereocenters. The van der Waals surface area contributed by atoms with Gasteiger partial charge in [0, 0.05) is 5.02 Å². The minimum absolute atomic E-state index is 0.0721. The smallest absolute Gasteiger partial charge is 0.195 e. The monoisotopic (exact) mass is 269 g/mol. The lowest BCUT2D eigenvalue weighted by atomic mass is 10.1. The van der Waals surface area contributed by atoms with Crippen molar-refractivity contribution in [2.24, 2.45) is 0 Å². The first kappa shape index (κ1) is 12.3. The van der Waals surface area contributed by atoms with Crippen LogP contribution in [0.1, 0.15) is 24.4 Å². The standard InChI is InChI=1S/C11H12ClN3OS/c1-7(8-4-2-3-5-9(8)12)15-10(6-16)13-14-11(15)17/h2-5,7,16H,6H2,1H3,(H,14,17). The Labute approximate surface area is 109 Å². The lowest BCUT2D eigenvalue weighted by Crippen LogP contribution is -2.11. The molecule has 0 aliphatic heterocycles. The van der Waals surface area contributed by atoms with Gasteiger partial charge in [0.1, 0.15) is 6.61 Å². The van der Waals surface area contributed by atoms with Crippen LogP contribution < -0.4 is 0 Å². The summed E-state index contributed by atoms with van der Waals surface area (Å²) in [5.41, 5.74) is 0.946. The average Bonchev–Trinajstić information content (AvgIpc) is 2.70. The lowest BCUT2D eigenvalue weighted by Gasteiger charge is -2.16. The zero-order valence-electron chi connectivity index (χ0n) is 9.22. The maximum Gasteiger partial charge on any atom is 0.195 e. The SMILES string of the molecule is CC(c1ccccc1Cl)n1c(CO)n[nH]c1=S. The first-order valence-electron chi connectivity index (χ1n) is 5.16. The van der Waals surface area contributed by atoms with E-state index in [0.29, 0.717) is 15.6 Å². The maximum atomic E-state index is 9.21. The van der Waals surface area contributed by atoms with Gasteiger partial charge in [-0.1, -0.05) is 29.8 Å². The van der Waals surface area contributed by atoms with E-state index in [9.17, 15) is 5.11 Å². The van der Waals surface area contributed by atoms with Gasteiger partial charge in [-0.2, -0.15) is 5.10 Å². The van der Waals surface area contributed by atoms with Crippen molar-refractivity contribution in [3.63, 3.8) is 0 Å². The second kappa shape index (κ2) is 5.00. The molecule has 1 aromatic heterocycles. The summed E-state index contributed by atoms with van der Waals surface area (Å²) < 4.78 is 2.23. The summed E-state index contributed by atoms with van der Waals surface area (Å²) in [7, 11) is 0. The van der Waals surface area contributed by atoms with Gasteiger partial charge in [-0.15, -0.1) is 0 Å². The number of H-pyrrole nitrogens is 1. The predicted molar refractivity (Wildman–Crippen MR) is 68.6 cm³/mol. The second-order valence-electron chi connectivity index (χ2n) is 3.67. The second-order valence-corrected chi connectivity index (χ2v) is 4.46. The van der Waals surface area contributed by atoms with Gasteiger partial charge in [-0.3, -0.25) is 9.67 Å². The van der Waals surface area contributed by atoms with Gasteiger partial charge < -0.3 is 5.11 Å². The van der Waals surface area contributed by atoms with Crippen LogP contribution in [0.3, 0.4) is 0 Å². The van der Waals surface area contributed by atoms with Crippen LogP contribution >= 0.6 is 23.8 Å². The summed E-state index contributed by atoms with van der Waals surface area (Å²) in [5, 5.41) is 16.5. The third-order valence-electron chi connectivity index (χ3n) is 2.66. The van der Waals surface area contributed by atoms with Gasteiger partial charge in [0.05, 0.1) is 6.04 Å². The van der Waals surface area contributed by atoms with Gasteiger partial charge in [-0.05, 0) is 30.8 Å². The van der Waals surface area contributed by atoms with Crippen LogP contribution in [0.5, 0.6) is 0 Å². The van der Waals surface area contributed by atoms with Crippen molar-refractivity contribution < 1.29 is 5.11 Å². The average molecular weight is 270 g/mol. The van der Waals surface area contributed by atoms with E-state index in [2.05, 4.69) is 10.2 Å². The molecule has 0 saturated heterocycles. The molecule has 6 heteroatoms. The molecule has 90 valence electrons. The molecule has 2 rings (SSSR count). The molecule has 1 heterocycles. The molecular weight excluding hydrogens is 258 g/mol. The van der Waals surface area contributed by atoms with E-state index >= 15 is 0 Å². The molecule has 0 amide bonds. The summed E-state index contributed by atoms with van der Waals surface area (Å²) in [6.45, 7) is 1.80. The van der Waals surface area contributed by atoms with Crippen molar-refractivity contribution in [2.45, 2.75) is 19.6 Å². The highest BCUT2D eigenvalue weighted by atomic mass is 35.5. The van der Waals surface area contributed by atoms with E-state index in [1.54, 1.807) is 4.57 Å². The Morgan fingerprint density at radius 2 is 2.24 bits per heavy atom. The van der Waals surface area contributed by atoms with Crippen LogP contribution in [-0.2, 0) is 6.61 Å². The zero-order valence-corrected chi connectivity index (χ0v) is 10.8. The summed E-state index contributed by atoms with van der Waals surface area (Å²) in [5.74, 6) is 0.502.